The Morgan fingerprint density at radius 1 is 1.44 bits per heavy atom. The first-order valence-corrected chi connectivity index (χ1v) is 6.95. The molecule has 1 rings (SSSR count). The van der Waals surface area contributed by atoms with Gasteiger partial charge in [-0.1, -0.05) is 19.1 Å². The normalized spacial score (nSPS) is 14.2. The molecule has 0 radical (unpaired) electrons. The van der Waals surface area contributed by atoms with Crippen molar-refractivity contribution in [2.75, 3.05) is 13.1 Å². The molecular weight excluding hydrogens is 296 g/mol. The van der Waals surface area contributed by atoms with Crippen molar-refractivity contribution >= 4 is 15.9 Å². The Bertz CT molecular complexity index is 365. The lowest BCUT2D eigenvalue weighted by atomic mass is 9.90. The van der Waals surface area contributed by atoms with E-state index in [4.69, 9.17) is 5.84 Å². The van der Waals surface area contributed by atoms with Crippen LogP contribution in [0.3, 0.4) is 0 Å². The smallest absolute Gasteiger partial charge is 0.153 e. The number of likely N-dealkylation sites (N-methyl/N-ethyl adjacent to an activating group) is 1. The Kier molecular flexibility index (Phi) is 5.27. The summed E-state index contributed by atoms with van der Waals surface area (Å²) < 4.78 is 2.48. The highest BCUT2D eigenvalue weighted by Crippen LogP contribution is 2.32. The average molecular weight is 319 g/mol. The topological polar surface area (TPSA) is 72.0 Å². The van der Waals surface area contributed by atoms with Gasteiger partial charge in [-0.15, -0.1) is 5.10 Å². The lowest BCUT2D eigenvalue weighted by molar-refractivity contribution is 0.0877. The fraction of sp³-hybridized carbons (Fsp3) is 0.818. The van der Waals surface area contributed by atoms with Gasteiger partial charge in [0, 0.05) is 12.6 Å². The average Bonchev–Trinajstić information content (AvgIpc) is 2.63. The molecule has 1 atom stereocenters. The van der Waals surface area contributed by atoms with Crippen LogP contribution in [0.4, 0.5) is 0 Å². The molecule has 1 aromatic heterocycles. The number of nitrogens with one attached hydrogen (secondary N) is 1. The number of hydrogen-bond donors (Lipinski definition) is 2. The van der Waals surface area contributed by atoms with E-state index in [1.807, 2.05) is 7.05 Å². The first-order chi connectivity index (χ1) is 8.39. The number of halogens is 1. The zero-order valence-electron chi connectivity index (χ0n) is 11.7. The number of rotatable bonds is 6. The highest BCUT2D eigenvalue weighted by Gasteiger charge is 2.37. The molecule has 0 fully saturated rings. The summed E-state index contributed by atoms with van der Waals surface area (Å²) in [4.78, 5) is 2.36. The minimum atomic E-state index is -0.143. The minimum absolute atomic E-state index is 0.0632. The first-order valence-electron chi connectivity index (χ1n) is 6.16. The zero-order chi connectivity index (χ0) is 13.9. The molecule has 6 nitrogen and oxygen atoms in total. The van der Waals surface area contributed by atoms with Crippen LogP contribution >= 0.6 is 15.9 Å². The number of nitrogens with zero attached hydrogens (tertiary/aromatic N) is 4. The van der Waals surface area contributed by atoms with E-state index in [0.29, 0.717) is 0 Å². The number of hydrogen-bond acceptors (Lipinski definition) is 5. The van der Waals surface area contributed by atoms with E-state index in [2.05, 4.69) is 64.3 Å². The molecule has 0 saturated heterocycles. The van der Waals surface area contributed by atoms with E-state index >= 15 is 0 Å². The fourth-order valence-electron chi connectivity index (χ4n) is 2.48. The van der Waals surface area contributed by atoms with Crippen molar-refractivity contribution in [3.63, 3.8) is 0 Å². The Morgan fingerprint density at radius 3 is 2.33 bits per heavy atom. The molecule has 1 heterocycles. The van der Waals surface area contributed by atoms with Gasteiger partial charge in [-0.25, -0.2) is 10.1 Å². The van der Waals surface area contributed by atoms with Gasteiger partial charge in [-0.3, -0.25) is 10.7 Å². The highest BCUT2D eigenvalue weighted by molar-refractivity contribution is 9.10. The maximum atomic E-state index is 5.77. The zero-order valence-corrected chi connectivity index (χ0v) is 13.3. The Hall–Kier alpha value is -0.500. The summed E-state index contributed by atoms with van der Waals surface area (Å²) in [5, 5.41) is 8.04. The lowest BCUT2D eigenvalue weighted by Gasteiger charge is -2.42. The molecule has 0 saturated carbocycles. The van der Waals surface area contributed by atoms with Crippen LogP contribution in [0.15, 0.2) is 4.60 Å². The van der Waals surface area contributed by atoms with E-state index in [1.165, 1.54) is 0 Å². The summed E-state index contributed by atoms with van der Waals surface area (Å²) in [6, 6.07) is -0.0632. The third-order valence-electron chi connectivity index (χ3n) is 3.55. The van der Waals surface area contributed by atoms with E-state index in [1.54, 1.807) is 4.68 Å². The third kappa shape index (κ3) is 2.74. The van der Waals surface area contributed by atoms with Gasteiger partial charge in [0.25, 0.3) is 0 Å². The Balaban J connectivity index is 3.17. The maximum Gasteiger partial charge on any atom is 0.153 e. The lowest BCUT2D eigenvalue weighted by Crippen LogP contribution is -2.54. The summed E-state index contributed by atoms with van der Waals surface area (Å²) >= 11 is 3.44. The van der Waals surface area contributed by atoms with Crippen LogP contribution in [0, 0.1) is 0 Å². The summed E-state index contributed by atoms with van der Waals surface area (Å²) in [5.74, 6) is 5.77. The van der Waals surface area contributed by atoms with Gasteiger partial charge in [-0.2, -0.15) is 0 Å². The van der Waals surface area contributed by atoms with Gasteiger partial charge in [0.15, 0.2) is 4.60 Å². The number of nitrogens with two attached hydrogens (primary N) is 1. The predicted molar refractivity (Wildman–Crippen MR) is 75.8 cm³/mol. The maximum absolute atomic E-state index is 5.77. The van der Waals surface area contributed by atoms with Crippen molar-refractivity contribution in [1.82, 2.24) is 25.3 Å². The number of aromatic nitrogens is 3. The van der Waals surface area contributed by atoms with E-state index in [9.17, 15) is 0 Å². The first kappa shape index (κ1) is 15.6. The van der Waals surface area contributed by atoms with Crippen LogP contribution < -0.4 is 11.3 Å². The second kappa shape index (κ2) is 6.10. The van der Waals surface area contributed by atoms with Crippen molar-refractivity contribution in [3.05, 3.63) is 10.3 Å². The quantitative estimate of drug-likeness (QED) is 0.609. The Morgan fingerprint density at radius 2 is 2.00 bits per heavy atom. The molecule has 0 amide bonds. The van der Waals surface area contributed by atoms with Crippen molar-refractivity contribution in [3.8, 4) is 0 Å². The SMILES string of the molecule is CCN(CC)C(C)(C)C(NN)c1c(Br)nnn1C. The predicted octanol–water partition coefficient (Wildman–Crippen LogP) is 1.20. The monoisotopic (exact) mass is 318 g/mol. The molecule has 0 aliphatic carbocycles. The molecule has 18 heavy (non-hydrogen) atoms. The molecule has 7 heteroatoms. The van der Waals surface area contributed by atoms with Crippen LogP contribution in [0.1, 0.15) is 39.4 Å². The summed E-state index contributed by atoms with van der Waals surface area (Å²) in [7, 11) is 1.87. The number of aryl methyl sites for hydroxylation is 1. The molecule has 0 aromatic carbocycles. The van der Waals surface area contributed by atoms with Crippen LogP contribution in [-0.2, 0) is 7.05 Å². The van der Waals surface area contributed by atoms with Gasteiger partial charge in [0.05, 0.1) is 11.7 Å². The molecule has 0 bridgehead atoms. The molecule has 1 unspecified atom stereocenters. The van der Waals surface area contributed by atoms with Gasteiger partial charge >= 0.3 is 0 Å². The van der Waals surface area contributed by atoms with Gasteiger partial charge in [0.1, 0.15) is 0 Å². The van der Waals surface area contributed by atoms with Crippen molar-refractivity contribution < 1.29 is 0 Å². The summed E-state index contributed by atoms with van der Waals surface area (Å²) in [5.41, 5.74) is 3.71. The van der Waals surface area contributed by atoms with Gasteiger partial charge in [0.2, 0.25) is 0 Å². The molecule has 1 aromatic rings. The summed E-state index contributed by atoms with van der Waals surface area (Å²) in [6.07, 6.45) is 0. The minimum Gasteiger partial charge on any atom is -0.297 e. The van der Waals surface area contributed by atoms with Crippen LogP contribution in [0.2, 0.25) is 0 Å². The second-order valence-corrected chi connectivity index (χ2v) is 5.57. The van der Waals surface area contributed by atoms with Crippen molar-refractivity contribution in [1.29, 1.82) is 0 Å². The van der Waals surface area contributed by atoms with E-state index in [-0.39, 0.29) is 11.6 Å². The Labute approximate surface area is 117 Å². The molecule has 0 spiro atoms. The highest BCUT2D eigenvalue weighted by atomic mass is 79.9. The second-order valence-electron chi connectivity index (χ2n) is 4.81. The van der Waals surface area contributed by atoms with Gasteiger partial charge < -0.3 is 0 Å². The van der Waals surface area contributed by atoms with E-state index in [0.717, 1.165) is 23.4 Å². The van der Waals surface area contributed by atoms with Gasteiger partial charge in [-0.05, 0) is 42.9 Å². The summed E-state index contributed by atoms with van der Waals surface area (Å²) in [6.45, 7) is 10.6. The number of hydrazine groups is 1. The molecule has 104 valence electrons. The van der Waals surface area contributed by atoms with Crippen LogP contribution in [0.25, 0.3) is 0 Å². The van der Waals surface area contributed by atoms with Crippen molar-refractivity contribution in [2.24, 2.45) is 12.9 Å². The van der Waals surface area contributed by atoms with Crippen molar-refractivity contribution in [2.45, 2.75) is 39.3 Å². The molecular formula is C11H23BrN6. The standard InChI is InChI=1S/C11H23BrN6/c1-6-18(7-2)11(3,4)9(14-13)8-10(12)15-16-17(8)5/h9,14H,6-7,13H2,1-5H3. The molecule has 0 aliphatic heterocycles. The van der Waals surface area contributed by atoms with E-state index < -0.39 is 0 Å². The fourth-order valence-corrected chi connectivity index (χ4v) is 3.04. The van der Waals surface area contributed by atoms with Crippen LogP contribution in [0.5, 0.6) is 0 Å². The molecule has 3 N–H and O–H groups in total. The van der Waals surface area contributed by atoms with Crippen LogP contribution in [-0.4, -0.2) is 38.5 Å². The molecule has 0 aliphatic rings. The third-order valence-corrected chi connectivity index (χ3v) is 4.12. The largest absolute Gasteiger partial charge is 0.297 e.